The minimum atomic E-state index is -0.489. The summed E-state index contributed by atoms with van der Waals surface area (Å²) in [4.78, 5) is 29.2. The molecule has 1 N–H and O–H groups in total. The Labute approximate surface area is 166 Å². The maximum Gasteiger partial charge on any atom is 0.274 e. The van der Waals surface area contributed by atoms with E-state index in [1.54, 1.807) is 4.90 Å². The fourth-order valence-electron chi connectivity index (χ4n) is 3.83. The fourth-order valence-corrected chi connectivity index (χ4v) is 3.83. The number of fused-ring (bicyclic) bond motifs is 1. The average molecular weight is 383 g/mol. The molecule has 2 aromatic rings. The molecule has 3 rings (SSSR count). The second kappa shape index (κ2) is 8.61. The Morgan fingerprint density at radius 3 is 2.46 bits per heavy atom. The van der Waals surface area contributed by atoms with Gasteiger partial charge >= 0.3 is 0 Å². The maximum atomic E-state index is 12.9. The Morgan fingerprint density at radius 2 is 1.82 bits per heavy atom. The molecule has 6 nitrogen and oxygen atoms in total. The van der Waals surface area contributed by atoms with E-state index >= 15 is 0 Å². The van der Waals surface area contributed by atoms with E-state index in [4.69, 9.17) is 0 Å². The third-order valence-corrected chi connectivity index (χ3v) is 5.20. The second-order valence-corrected chi connectivity index (χ2v) is 7.64. The molecule has 0 saturated heterocycles. The van der Waals surface area contributed by atoms with Gasteiger partial charge in [-0.25, -0.2) is 0 Å². The van der Waals surface area contributed by atoms with Crippen LogP contribution in [0.15, 0.2) is 41.2 Å². The lowest BCUT2D eigenvalue weighted by Crippen LogP contribution is -2.46. The Kier molecular flexibility index (Phi) is 6.19. The second-order valence-electron chi connectivity index (χ2n) is 7.64. The van der Waals surface area contributed by atoms with Crippen molar-refractivity contribution in [1.82, 2.24) is 14.4 Å². The van der Waals surface area contributed by atoms with Gasteiger partial charge in [0.05, 0.1) is 0 Å². The standard InChI is InChI=1S/C22H29N3O3/c1-4-10-23(14-17-8-6-5-7-9-17)15-18-13-19(26)21(27)20-22(28)24(16(2)3)11-12-25(18)20/h5-9,13,16,27H,4,10-12,14-15H2,1-3H3. The number of pyridine rings is 1. The smallest absolute Gasteiger partial charge is 0.274 e. The van der Waals surface area contributed by atoms with E-state index in [-0.39, 0.29) is 17.6 Å². The van der Waals surface area contributed by atoms with Crippen LogP contribution in [0.25, 0.3) is 0 Å². The largest absolute Gasteiger partial charge is 0.503 e. The van der Waals surface area contributed by atoms with Crippen LogP contribution in [0.4, 0.5) is 0 Å². The lowest BCUT2D eigenvalue weighted by molar-refractivity contribution is 0.0637. The summed E-state index contributed by atoms with van der Waals surface area (Å²) in [6.45, 7) is 9.36. The highest BCUT2D eigenvalue weighted by Gasteiger charge is 2.31. The first-order valence-corrected chi connectivity index (χ1v) is 9.95. The number of hydrogen-bond donors (Lipinski definition) is 1. The van der Waals surface area contributed by atoms with E-state index in [1.165, 1.54) is 11.6 Å². The lowest BCUT2D eigenvalue weighted by atomic mass is 10.1. The molecule has 28 heavy (non-hydrogen) atoms. The normalized spacial score (nSPS) is 14.0. The summed E-state index contributed by atoms with van der Waals surface area (Å²) in [5.74, 6) is -0.716. The Morgan fingerprint density at radius 1 is 1.11 bits per heavy atom. The molecule has 0 spiro atoms. The molecule has 0 saturated carbocycles. The van der Waals surface area contributed by atoms with Gasteiger partial charge in [0.1, 0.15) is 0 Å². The zero-order valence-electron chi connectivity index (χ0n) is 16.9. The zero-order chi connectivity index (χ0) is 20.3. The summed E-state index contributed by atoms with van der Waals surface area (Å²) in [5, 5.41) is 10.3. The number of hydrogen-bond acceptors (Lipinski definition) is 4. The van der Waals surface area contributed by atoms with Crippen molar-refractivity contribution in [1.29, 1.82) is 0 Å². The summed E-state index contributed by atoms with van der Waals surface area (Å²) in [5.41, 5.74) is 1.62. The summed E-state index contributed by atoms with van der Waals surface area (Å²) in [7, 11) is 0. The minimum Gasteiger partial charge on any atom is -0.503 e. The number of nitrogens with zero attached hydrogens (tertiary/aromatic N) is 3. The molecule has 0 atom stereocenters. The molecule has 0 fully saturated rings. The van der Waals surface area contributed by atoms with Crippen LogP contribution in [-0.2, 0) is 19.6 Å². The summed E-state index contributed by atoms with van der Waals surface area (Å²) in [6, 6.07) is 11.7. The van der Waals surface area contributed by atoms with Gasteiger partial charge in [-0.05, 0) is 32.4 Å². The number of aromatic nitrogens is 1. The summed E-state index contributed by atoms with van der Waals surface area (Å²) >= 11 is 0. The van der Waals surface area contributed by atoms with Gasteiger partial charge < -0.3 is 14.6 Å². The third kappa shape index (κ3) is 4.12. The summed E-state index contributed by atoms with van der Waals surface area (Å²) < 4.78 is 1.82. The molecule has 1 aliphatic heterocycles. The van der Waals surface area contributed by atoms with Gasteiger partial charge in [-0.15, -0.1) is 0 Å². The van der Waals surface area contributed by atoms with Crippen LogP contribution in [0.5, 0.6) is 5.75 Å². The highest BCUT2D eigenvalue weighted by molar-refractivity contribution is 5.96. The molecule has 0 bridgehead atoms. The Bertz CT molecular complexity index is 890. The summed E-state index contributed by atoms with van der Waals surface area (Å²) in [6.07, 6.45) is 0.988. The van der Waals surface area contributed by atoms with Gasteiger partial charge in [-0.3, -0.25) is 14.5 Å². The number of carbonyl (C=O) groups is 1. The quantitative estimate of drug-likeness (QED) is 0.798. The Balaban J connectivity index is 1.94. The van der Waals surface area contributed by atoms with E-state index in [0.29, 0.717) is 19.6 Å². The number of carbonyl (C=O) groups excluding carboxylic acids is 1. The van der Waals surface area contributed by atoms with Crippen molar-refractivity contribution in [3.05, 3.63) is 63.6 Å². The van der Waals surface area contributed by atoms with E-state index in [1.807, 2.05) is 36.6 Å². The molecule has 6 heteroatoms. The van der Waals surface area contributed by atoms with Crippen molar-refractivity contribution < 1.29 is 9.90 Å². The van der Waals surface area contributed by atoms with Crippen molar-refractivity contribution in [2.75, 3.05) is 13.1 Å². The molecule has 1 aliphatic rings. The number of rotatable bonds is 7. The van der Waals surface area contributed by atoms with E-state index in [0.717, 1.165) is 25.2 Å². The SMILES string of the molecule is CCCN(Cc1ccccc1)Cc1cc(=O)c(O)c2n1CCN(C(C)C)C2=O. The maximum absolute atomic E-state index is 12.9. The highest BCUT2D eigenvalue weighted by atomic mass is 16.3. The molecule has 1 amide bonds. The van der Waals surface area contributed by atoms with Crippen LogP contribution < -0.4 is 5.43 Å². The van der Waals surface area contributed by atoms with Crippen molar-refractivity contribution >= 4 is 5.91 Å². The monoisotopic (exact) mass is 383 g/mol. The number of aromatic hydroxyl groups is 1. The van der Waals surface area contributed by atoms with Crippen LogP contribution in [0.1, 0.15) is 48.9 Å². The molecule has 1 aromatic heterocycles. The van der Waals surface area contributed by atoms with Gasteiger partial charge in [0.2, 0.25) is 5.43 Å². The van der Waals surface area contributed by atoms with Crippen LogP contribution >= 0.6 is 0 Å². The van der Waals surface area contributed by atoms with Crippen LogP contribution in [0.3, 0.4) is 0 Å². The average Bonchev–Trinajstić information content (AvgIpc) is 2.66. The molecule has 0 radical (unpaired) electrons. The number of benzene rings is 1. The molecule has 0 aliphatic carbocycles. The molecule has 2 heterocycles. The van der Waals surface area contributed by atoms with Crippen LogP contribution in [0.2, 0.25) is 0 Å². The predicted molar refractivity (Wildman–Crippen MR) is 109 cm³/mol. The van der Waals surface area contributed by atoms with Gasteiger partial charge in [0, 0.05) is 44.0 Å². The zero-order valence-corrected chi connectivity index (χ0v) is 16.9. The van der Waals surface area contributed by atoms with Crippen LogP contribution in [0, 0.1) is 0 Å². The molecule has 1 aromatic carbocycles. The first kappa shape index (κ1) is 20.1. The fraction of sp³-hybridized carbons (Fsp3) is 0.455. The molecule has 150 valence electrons. The van der Waals surface area contributed by atoms with E-state index in [9.17, 15) is 14.7 Å². The molecular weight excluding hydrogens is 354 g/mol. The van der Waals surface area contributed by atoms with E-state index < -0.39 is 11.2 Å². The van der Waals surface area contributed by atoms with Gasteiger partial charge in [0.25, 0.3) is 5.91 Å². The van der Waals surface area contributed by atoms with Gasteiger partial charge in [-0.2, -0.15) is 0 Å². The number of amides is 1. The minimum absolute atomic E-state index is 0.0223. The first-order valence-electron chi connectivity index (χ1n) is 9.95. The predicted octanol–water partition coefficient (Wildman–Crippen LogP) is 2.83. The third-order valence-electron chi connectivity index (χ3n) is 5.20. The van der Waals surface area contributed by atoms with E-state index in [2.05, 4.69) is 24.0 Å². The van der Waals surface area contributed by atoms with Gasteiger partial charge in [0.15, 0.2) is 11.4 Å². The molecular formula is C22H29N3O3. The topological polar surface area (TPSA) is 65.8 Å². The molecule has 0 unspecified atom stereocenters. The highest BCUT2D eigenvalue weighted by Crippen LogP contribution is 2.23. The van der Waals surface area contributed by atoms with Crippen molar-refractivity contribution in [2.45, 2.75) is 52.9 Å². The first-order chi connectivity index (χ1) is 13.4. The van der Waals surface area contributed by atoms with Crippen molar-refractivity contribution in [3.8, 4) is 5.75 Å². The van der Waals surface area contributed by atoms with Gasteiger partial charge in [-0.1, -0.05) is 37.3 Å². The van der Waals surface area contributed by atoms with Crippen molar-refractivity contribution in [3.63, 3.8) is 0 Å². The van der Waals surface area contributed by atoms with Crippen LogP contribution in [-0.4, -0.2) is 44.5 Å². The van der Waals surface area contributed by atoms with Crippen molar-refractivity contribution in [2.24, 2.45) is 0 Å². The lowest BCUT2D eigenvalue weighted by Gasteiger charge is -2.35. The Hall–Kier alpha value is -2.60.